The van der Waals surface area contributed by atoms with Crippen LogP contribution in [-0.2, 0) is 0 Å². The van der Waals surface area contributed by atoms with Crippen LogP contribution in [0.15, 0.2) is 30.3 Å². The van der Waals surface area contributed by atoms with E-state index in [1.807, 2.05) is 0 Å². The molecule has 0 amide bonds. The lowest BCUT2D eigenvalue weighted by atomic mass is 9.82. The monoisotopic (exact) mass is 260 g/mol. The summed E-state index contributed by atoms with van der Waals surface area (Å²) >= 11 is 0. The van der Waals surface area contributed by atoms with Gasteiger partial charge in [-0.15, -0.1) is 0 Å². The van der Waals surface area contributed by atoms with Gasteiger partial charge in [0.15, 0.2) is 0 Å². The van der Waals surface area contributed by atoms with E-state index in [9.17, 15) is 0 Å². The summed E-state index contributed by atoms with van der Waals surface area (Å²) < 4.78 is 0. The molecule has 1 saturated heterocycles. The molecule has 0 spiro atoms. The first-order valence-electron chi connectivity index (χ1n) is 7.39. The molecule has 3 atom stereocenters. The van der Waals surface area contributed by atoms with Gasteiger partial charge in [-0.25, -0.2) is 0 Å². The van der Waals surface area contributed by atoms with Crippen LogP contribution >= 0.6 is 0 Å². The van der Waals surface area contributed by atoms with Crippen molar-refractivity contribution in [2.75, 3.05) is 13.6 Å². The number of rotatable bonds is 3. The molecule has 2 nitrogen and oxygen atoms in total. The quantitative estimate of drug-likeness (QED) is 0.895. The number of nitrogens with zero attached hydrogens (tertiary/aromatic N) is 1. The summed E-state index contributed by atoms with van der Waals surface area (Å²) in [5.41, 5.74) is 1.63. The fraction of sp³-hybridized carbons (Fsp3) is 0.647. The zero-order valence-corrected chi connectivity index (χ0v) is 13.0. The summed E-state index contributed by atoms with van der Waals surface area (Å²) in [5.74, 6) is 0. The third kappa shape index (κ3) is 3.58. The first kappa shape index (κ1) is 14.5. The van der Waals surface area contributed by atoms with Gasteiger partial charge in [0.25, 0.3) is 0 Å². The molecule has 19 heavy (non-hydrogen) atoms. The topological polar surface area (TPSA) is 15.3 Å². The second-order valence-corrected chi connectivity index (χ2v) is 7.10. The molecule has 0 radical (unpaired) electrons. The Kier molecular flexibility index (Phi) is 4.32. The van der Waals surface area contributed by atoms with Gasteiger partial charge in [0.05, 0.1) is 0 Å². The van der Waals surface area contributed by atoms with E-state index in [2.05, 4.69) is 75.3 Å². The lowest BCUT2D eigenvalue weighted by Crippen LogP contribution is -2.40. The van der Waals surface area contributed by atoms with Crippen LogP contribution in [0.25, 0.3) is 0 Å². The standard InChI is InChI=1S/C17H28N2/c1-13-11-15(12-19(13)5)18-16(17(2,3)4)14-9-7-6-8-10-14/h6-10,13,15-16,18H,11-12H2,1-5H3. The summed E-state index contributed by atoms with van der Waals surface area (Å²) in [7, 11) is 2.22. The van der Waals surface area contributed by atoms with Crippen LogP contribution in [0.4, 0.5) is 0 Å². The van der Waals surface area contributed by atoms with Gasteiger partial charge >= 0.3 is 0 Å². The minimum Gasteiger partial charge on any atom is -0.305 e. The van der Waals surface area contributed by atoms with E-state index in [0.29, 0.717) is 18.1 Å². The predicted molar refractivity (Wildman–Crippen MR) is 82.3 cm³/mol. The molecule has 0 saturated carbocycles. The van der Waals surface area contributed by atoms with E-state index in [-0.39, 0.29) is 5.41 Å². The Morgan fingerprint density at radius 3 is 2.32 bits per heavy atom. The fourth-order valence-corrected chi connectivity index (χ4v) is 3.04. The lowest BCUT2D eigenvalue weighted by molar-refractivity contribution is 0.247. The van der Waals surface area contributed by atoms with E-state index < -0.39 is 0 Å². The van der Waals surface area contributed by atoms with Gasteiger partial charge in [0.1, 0.15) is 0 Å². The molecule has 1 N–H and O–H groups in total. The van der Waals surface area contributed by atoms with Crippen LogP contribution in [0, 0.1) is 5.41 Å². The van der Waals surface area contributed by atoms with Crippen LogP contribution in [0.5, 0.6) is 0 Å². The average Bonchev–Trinajstić information content (AvgIpc) is 2.65. The highest BCUT2D eigenvalue weighted by atomic mass is 15.2. The largest absolute Gasteiger partial charge is 0.305 e. The zero-order valence-electron chi connectivity index (χ0n) is 13.0. The Balaban J connectivity index is 2.12. The van der Waals surface area contributed by atoms with Gasteiger partial charge in [-0.1, -0.05) is 51.1 Å². The predicted octanol–water partition coefficient (Wildman–Crippen LogP) is 3.46. The normalized spacial score (nSPS) is 26.6. The van der Waals surface area contributed by atoms with Gasteiger partial charge in [-0.2, -0.15) is 0 Å². The average molecular weight is 260 g/mol. The second-order valence-electron chi connectivity index (χ2n) is 7.10. The highest BCUT2D eigenvalue weighted by Crippen LogP contribution is 2.34. The van der Waals surface area contributed by atoms with Gasteiger partial charge in [0, 0.05) is 24.7 Å². The molecule has 1 heterocycles. The van der Waals surface area contributed by atoms with E-state index in [0.717, 1.165) is 6.54 Å². The number of benzene rings is 1. The fourth-order valence-electron chi connectivity index (χ4n) is 3.04. The lowest BCUT2D eigenvalue weighted by Gasteiger charge is -2.34. The van der Waals surface area contributed by atoms with E-state index >= 15 is 0 Å². The van der Waals surface area contributed by atoms with Crippen molar-refractivity contribution in [2.24, 2.45) is 5.41 Å². The maximum atomic E-state index is 3.89. The highest BCUT2D eigenvalue weighted by molar-refractivity contribution is 5.21. The third-order valence-electron chi connectivity index (χ3n) is 4.29. The van der Waals surface area contributed by atoms with E-state index in [1.54, 1.807) is 0 Å². The van der Waals surface area contributed by atoms with Gasteiger partial charge < -0.3 is 10.2 Å². The van der Waals surface area contributed by atoms with Crippen molar-refractivity contribution >= 4 is 0 Å². The molecule has 1 aliphatic rings. The molecule has 1 aliphatic heterocycles. The third-order valence-corrected chi connectivity index (χ3v) is 4.29. The first-order chi connectivity index (χ1) is 8.88. The van der Waals surface area contributed by atoms with Gasteiger partial charge in [-0.3, -0.25) is 0 Å². The van der Waals surface area contributed by atoms with Crippen molar-refractivity contribution in [2.45, 2.75) is 52.2 Å². The van der Waals surface area contributed by atoms with Crippen molar-refractivity contribution in [1.82, 2.24) is 10.2 Å². The number of nitrogens with one attached hydrogen (secondary N) is 1. The summed E-state index contributed by atoms with van der Waals surface area (Å²) in [6, 6.07) is 12.6. The minimum absolute atomic E-state index is 0.228. The van der Waals surface area contributed by atoms with Crippen molar-refractivity contribution < 1.29 is 0 Å². The van der Waals surface area contributed by atoms with Crippen LogP contribution in [-0.4, -0.2) is 30.6 Å². The smallest absolute Gasteiger partial charge is 0.0371 e. The second kappa shape index (κ2) is 5.64. The molecule has 1 aromatic rings. The molecular weight excluding hydrogens is 232 g/mol. The molecule has 0 bridgehead atoms. The maximum absolute atomic E-state index is 3.89. The van der Waals surface area contributed by atoms with E-state index in [4.69, 9.17) is 0 Å². The number of likely N-dealkylation sites (tertiary alicyclic amines) is 1. The maximum Gasteiger partial charge on any atom is 0.0371 e. The summed E-state index contributed by atoms with van der Waals surface area (Å²) in [6.07, 6.45) is 1.25. The summed E-state index contributed by atoms with van der Waals surface area (Å²) in [6.45, 7) is 10.4. The number of hydrogen-bond acceptors (Lipinski definition) is 2. The van der Waals surface area contributed by atoms with Crippen molar-refractivity contribution in [1.29, 1.82) is 0 Å². The Hall–Kier alpha value is -0.860. The number of likely N-dealkylation sites (N-methyl/N-ethyl adjacent to an activating group) is 1. The first-order valence-corrected chi connectivity index (χ1v) is 7.39. The SMILES string of the molecule is CC1CC(NC(c2ccccc2)C(C)(C)C)CN1C. The molecule has 0 aromatic heterocycles. The van der Waals surface area contributed by atoms with Crippen LogP contribution in [0.2, 0.25) is 0 Å². The Morgan fingerprint density at radius 2 is 1.84 bits per heavy atom. The molecular formula is C17H28N2. The summed E-state index contributed by atoms with van der Waals surface area (Å²) in [4.78, 5) is 2.45. The number of hydrogen-bond donors (Lipinski definition) is 1. The van der Waals surface area contributed by atoms with Crippen LogP contribution in [0.3, 0.4) is 0 Å². The Bertz CT molecular complexity index is 383. The van der Waals surface area contributed by atoms with Crippen molar-refractivity contribution in [3.05, 3.63) is 35.9 Å². The van der Waals surface area contributed by atoms with Gasteiger partial charge in [0.2, 0.25) is 0 Å². The summed E-state index contributed by atoms with van der Waals surface area (Å²) in [5, 5.41) is 3.89. The van der Waals surface area contributed by atoms with Crippen molar-refractivity contribution in [3.63, 3.8) is 0 Å². The Labute approximate surface area is 118 Å². The van der Waals surface area contributed by atoms with Gasteiger partial charge in [-0.05, 0) is 31.4 Å². The molecule has 3 unspecified atom stereocenters. The minimum atomic E-state index is 0.228. The molecule has 0 aliphatic carbocycles. The highest BCUT2D eigenvalue weighted by Gasteiger charge is 2.32. The molecule has 2 rings (SSSR count). The van der Waals surface area contributed by atoms with E-state index in [1.165, 1.54) is 12.0 Å². The molecule has 1 aromatic carbocycles. The molecule has 1 fully saturated rings. The molecule has 106 valence electrons. The van der Waals surface area contributed by atoms with Crippen LogP contribution < -0.4 is 5.32 Å². The Morgan fingerprint density at radius 1 is 1.21 bits per heavy atom. The van der Waals surface area contributed by atoms with Crippen LogP contribution in [0.1, 0.15) is 45.7 Å². The van der Waals surface area contributed by atoms with Crippen molar-refractivity contribution in [3.8, 4) is 0 Å². The zero-order chi connectivity index (χ0) is 14.0. The molecule has 2 heteroatoms.